The predicted octanol–water partition coefficient (Wildman–Crippen LogP) is 3.17. The Morgan fingerprint density at radius 3 is 2.78 bits per heavy atom. The lowest BCUT2D eigenvalue weighted by Crippen LogP contribution is -2.42. The highest BCUT2D eigenvalue weighted by atomic mass is 127. The SMILES string of the molecule is CCNC(=NCCN1CCCCC1CC)NCCc1nc(C(C)C)no1.I. The molecule has 1 aliphatic rings. The van der Waals surface area contributed by atoms with Crippen LogP contribution in [0.2, 0.25) is 0 Å². The third-order valence-electron chi connectivity index (χ3n) is 4.85. The summed E-state index contributed by atoms with van der Waals surface area (Å²) in [5.74, 6) is 2.60. The molecule has 1 fully saturated rings. The number of hydrogen-bond donors (Lipinski definition) is 2. The van der Waals surface area contributed by atoms with Gasteiger partial charge >= 0.3 is 0 Å². The molecule has 1 saturated heterocycles. The molecule has 0 radical (unpaired) electrons. The van der Waals surface area contributed by atoms with Crippen LogP contribution in [0.4, 0.5) is 0 Å². The standard InChI is InChI=1S/C19H36N6O.HI/c1-5-16-9-7-8-13-25(16)14-12-22-19(20-6-2)21-11-10-17-23-18(15(3)4)24-26-17;/h15-16H,5-14H2,1-4H3,(H2,20,21,22);1H. The average molecular weight is 492 g/mol. The van der Waals surface area contributed by atoms with Gasteiger partial charge in [0.15, 0.2) is 11.8 Å². The number of nitrogens with one attached hydrogen (secondary N) is 2. The van der Waals surface area contributed by atoms with E-state index < -0.39 is 0 Å². The zero-order chi connectivity index (χ0) is 18.8. The summed E-state index contributed by atoms with van der Waals surface area (Å²) < 4.78 is 5.28. The van der Waals surface area contributed by atoms with Gasteiger partial charge in [0.25, 0.3) is 0 Å². The predicted molar refractivity (Wildman–Crippen MR) is 121 cm³/mol. The number of rotatable bonds is 9. The minimum Gasteiger partial charge on any atom is -0.357 e. The number of halogens is 1. The minimum absolute atomic E-state index is 0. The highest BCUT2D eigenvalue weighted by molar-refractivity contribution is 14.0. The third-order valence-corrected chi connectivity index (χ3v) is 4.85. The number of guanidine groups is 1. The summed E-state index contributed by atoms with van der Waals surface area (Å²) in [7, 11) is 0. The number of likely N-dealkylation sites (tertiary alicyclic amines) is 1. The van der Waals surface area contributed by atoms with Gasteiger partial charge in [0, 0.05) is 38.0 Å². The average Bonchev–Trinajstić information content (AvgIpc) is 3.11. The second kappa shape index (κ2) is 13.3. The van der Waals surface area contributed by atoms with Gasteiger partial charge in [-0.1, -0.05) is 32.3 Å². The van der Waals surface area contributed by atoms with Crippen molar-refractivity contribution in [1.29, 1.82) is 0 Å². The van der Waals surface area contributed by atoms with Crippen LogP contribution in [-0.2, 0) is 6.42 Å². The molecule has 0 spiro atoms. The van der Waals surface area contributed by atoms with Crippen molar-refractivity contribution in [3.05, 3.63) is 11.7 Å². The molecule has 1 aliphatic heterocycles. The normalized spacial score (nSPS) is 18.4. The van der Waals surface area contributed by atoms with E-state index in [9.17, 15) is 0 Å². The van der Waals surface area contributed by atoms with Crippen molar-refractivity contribution in [3.63, 3.8) is 0 Å². The van der Waals surface area contributed by atoms with E-state index >= 15 is 0 Å². The summed E-state index contributed by atoms with van der Waals surface area (Å²) in [6.45, 7) is 13.2. The Morgan fingerprint density at radius 2 is 2.11 bits per heavy atom. The first-order valence-electron chi connectivity index (χ1n) is 10.2. The van der Waals surface area contributed by atoms with E-state index in [1.54, 1.807) is 0 Å². The van der Waals surface area contributed by atoms with E-state index in [0.717, 1.165) is 44.0 Å². The Kier molecular flexibility index (Phi) is 11.9. The fourth-order valence-corrected chi connectivity index (χ4v) is 3.34. The summed E-state index contributed by atoms with van der Waals surface area (Å²) >= 11 is 0. The number of hydrogen-bond acceptors (Lipinski definition) is 5. The molecular weight excluding hydrogens is 455 g/mol. The van der Waals surface area contributed by atoms with Crippen molar-refractivity contribution in [2.75, 3.05) is 32.7 Å². The van der Waals surface area contributed by atoms with Crippen molar-refractivity contribution >= 4 is 29.9 Å². The van der Waals surface area contributed by atoms with Gasteiger partial charge in [0.05, 0.1) is 6.54 Å². The van der Waals surface area contributed by atoms with E-state index in [1.807, 2.05) is 0 Å². The molecule has 8 heteroatoms. The van der Waals surface area contributed by atoms with Crippen molar-refractivity contribution in [2.24, 2.45) is 4.99 Å². The zero-order valence-electron chi connectivity index (χ0n) is 17.3. The third kappa shape index (κ3) is 8.33. The summed E-state index contributed by atoms with van der Waals surface area (Å²) in [6.07, 6.45) is 5.97. The van der Waals surface area contributed by atoms with E-state index in [1.165, 1.54) is 32.2 Å². The lowest BCUT2D eigenvalue weighted by Gasteiger charge is -2.34. The zero-order valence-corrected chi connectivity index (χ0v) is 19.7. The molecule has 156 valence electrons. The number of aliphatic imine (C=N–C) groups is 1. The molecule has 27 heavy (non-hydrogen) atoms. The highest BCUT2D eigenvalue weighted by Gasteiger charge is 2.19. The maximum atomic E-state index is 5.28. The Hall–Kier alpha value is -0.900. The van der Waals surface area contributed by atoms with Crippen molar-refractivity contribution in [1.82, 2.24) is 25.7 Å². The van der Waals surface area contributed by atoms with Crippen LogP contribution in [-0.4, -0.2) is 59.8 Å². The molecule has 2 heterocycles. The Balaban J connectivity index is 0.00000364. The molecule has 1 atom stereocenters. The Bertz CT molecular complexity index is 548. The quantitative estimate of drug-likeness (QED) is 0.313. The maximum absolute atomic E-state index is 5.28. The largest absolute Gasteiger partial charge is 0.357 e. The molecule has 0 aliphatic carbocycles. The Labute approximate surface area is 181 Å². The van der Waals surface area contributed by atoms with Crippen LogP contribution < -0.4 is 10.6 Å². The molecule has 1 unspecified atom stereocenters. The molecule has 2 rings (SSSR count). The van der Waals surface area contributed by atoms with Crippen LogP contribution in [0.15, 0.2) is 9.52 Å². The molecule has 1 aromatic heterocycles. The number of piperidine rings is 1. The van der Waals surface area contributed by atoms with E-state index in [0.29, 0.717) is 18.2 Å². The maximum Gasteiger partial charge on any atom is 0.228 e. The topological polar surface area (TPSA) is 78.6 Å². The Morgan fingerprint density at radius 1 is 1.30 bits per heavy atom. The van der Waals surface area contributed by atoms with Crippen LogP contribution in [0.5, 0.6) is 0 Å². The number of aromatic nitrogens is 2. The fraction of sp³-hybridized carbons (Fsp3) is 0.842. The van der Waals surface area contributed by atoms with Gasteiger partial charge in [-0.05, 0) is 32.7 Å². The van der Waals surface area contributed by atoms with E-state index in [2.05, 4.69) is 53.4 Å². The van der Waals surface area contributed by atoms with Gasteiger partial charge in [-0.3, -0.25) is 9.89 Å². The van der Waals surface area contributed by atoms with Gasteiger partial charge in [0.2, 0.25) is 5.89 Å². The summed E-state index contributed by atoms with van der Waals surface area (Å²) in [5.41, 5.74) is 0. The fourth-order valence-electron chi connectivity index (χ4n) is 3.34. The summed E-state index contributed by atoms with van der Waals surface area (Å²) in [4.78, 5) is 11.7. The van der Waals surface area contributed by atoms with Gasteiger partial charge in [-0.2, -0.15) is 4.98 Å². The van der Waals surface area contributed by atoms with Crippen LogP contribution >= 0.6 is 24.0 Å². The summed E-state index contributed by atoms with van der Waals surface area (Å²) in [6, 6.07) is 0.738. The molecule has 7 nitrogen and oxygen atoms in total. The molecule has 0 saturated carbocycles. The first kappa shape index (κ1) is 24.1. The van der Waals surface area contributed by atoms with E-state index in [4.69, 9.17) is 9.52 Å². The summed E-state index contributed by atoms with van der Waals surface area (Å²) in [5, 5.41) is 10.7. The lowest BCUT2D eigenvalue weighted by atomic mass is 10.0. The van der Waals surface area contributed by atoms with E-state index in [-0.39, 0.29) is 24.0 Å². The second-order valence-corrected chi connectivity index (χ2v) is 7.23. The van der Waals surface area contributed by atoms with Crippen molar-refractivity contribution < 1.29 is 4.52 Å². The van der Waals surface area contributed by atoms with Gasteiger partial charge in [-0.15, -0.1) is 24.0 Å². The molecule has 1 aromatic rings. The first-order valence-corrected chi connectivity index (χ1v) is 10.2. The molecule has 0 bridgehead atoms. The monoisotopic (exact) mass is 492 g/mol. The minimum atomic E-state index is 0. The van der Waals surface area contributed by atoms with Gasteiger partial charge in [-0.25, -0.2) is 0 Å². The number of nitrogens with zero attached hydrogens (tertiary/aromatic N) is 4. The second-order valence-electron chi connectivity index (χ2n) is 7.23. The first-order chi connectivity index (χ1) is 12.6. The van der Waals surface area contributed by atoms with Gasteiger partial charge < -0.3 is 15.2 Å². The van der Waals surface area contributed by atoms with Crippen LogP contribution in [0.25, 0.3) is 0 Å². The van der Waals surface area contributed by atoms with Crippen molar-refractivity contribution in [2.45, 2.75) is 71.8 Å². The lowest BCUT2D eigenvalue weighted by molar-refractivity contribution is 0.148. The molecule has 0 aromatic carbocycles. The molecule has 2 N–H and O–H groups in total. The highest BCUT2D eigenvalue weighted by Crippen LogP contribution is 2.18. The van der Waals surface area contributed by atoms with Crippen LogP contribution in [0, 0.1) is 0 Å². The molecular formula is C19H37IN6O. The smallest absolute Gasteiger partial charge is 0.228 e. The van der Waals surface area contributed by atoms with Crippen LogP contribution in [0.3, 0.4) is 0 Å². The van der Waals surface area contributed by atoms with Crippen molar-refractivity contribution in [3.8, 4) is 0 Å². The molecule has 0 amide bonds. The van der Waals surface area contributed by atoms with Gasteiger partial charge in [0.1, 0.15) is 0 Å². The van der Waals surface area contributed by atoms with Crippen LogP contribution in [0.1, 0.15) is 71.0 Å².